The van der Waals surface area contributed by atoms with Gasteiger partial charge in [-0.1, -0.05) is 18.2 Å². The second kappa shape index (κ2) is 6.66. The topological polar surface area (TPSA) is 27.7 Å². The molecule has 1 N–H and O–H groups in total. The summed E-state index contributed by atoms with van der Waals surface area (Å²) in [4.78, 5) is 5.04. The van der Waals surface area contributed by atoms with Gasteiger partial charge in [-0.2, -0.15) is 0 Å². The lowest BCUT2D eigenvalue weighted by Crippen LogP contribution is -2.53. The van der Waals surface area contributed by atoms with Crippen molar-refractivity contribution < 1.29 is 4.74 Å². The van der Waals surface area contributed by atoms with Crippen LogP contribution in [0.5, 0.6) is 5.75 Å². The quantitative estimate of drug-likeness (QED) is 0.919. The zero-order valence-corrected chi connectivity index (χ0v) is 15.1. The molecule has 0 bridgehead atoms. The van der Waals surface area contributed by atoms with E-state index in [0.29, 0.717) is 12.1 Å². The number of benzene rings is 1. The molecular formula is C20H31N3O. The fraction of sp³-hybridized carbons (Fsp3) is 0.700. The van der Waals surface area contributed by atoms with Gasteiger partial charge in [-0.3, -0.25) is 4.90 Å². The third-order valence-electron chi connectivity index (χ3n) is 6.28. The van der Waals surface area contributed by atoms with Crippen molar-refractivity contribution in [2.75, 3.05) is 39.8 Å². The Labute approximate surface area is 146 Å². The summed E-state index contributed by atoms with van der Waals surface area (Å²) in [5.74, 6) is 1.10. The normalized spacial score (nSPS) is 28.0. The minimum atomic E-state index is 0.114. The van der Waals surface area contributed by atoms with Crippen molar-refractivity contribution in [3.63, 3.8) is 0 Å². The SMILES string of the molecule is CC(CNC1CC2(CCC2)Oc2ccccc21)N1CCN(C)CC1. The molecule has 1 aromatic rings. The summed E-state index contributed by atoms with van der Waals surface area (Å²) in [6, 6.07) is 9.64. The lowest BCUT2D eigenvalue weighted by atomic mass is 9.73. The number of rotatable bonds is 4. The van der Waals surface area contributed by atoms with E-state index in [-0.39, 0.29) is 5.60 Å². The van der Waals surface area contributed by atoms with Gasteiger partial charge in [-0.25, -0.2) is 0 Å². The van der Waals surface area contributed by atoms with E-state index in [4.69, 9.17) is 4.74 Å². The number of piperazine rings is 1. The number of hydrogen-bond donors (Lipinski definition) is 1. The average Bonchev–Trinajstić information content (AvgIpc) is 2.58. The molecule has 1 aliphatic carbocycles. The maximum absolute atomic E-state index is 6.36. The van der Waals surface area contributed by atoms with Crippen molar-refractivity contribution in [3.05, 3.63) is 29.8 Å². The first-order chi connectivity index (χ1) is 11.7. The molecule has 1 saturated heterocycles. The van der Waals surface area contributed by atoms with Crippen molar-refractivity contribution in [2.24, 2.45) is 0 Å². The smallest absolute Gasteiger partial charge is 0.124 e. The first-order valence-corrected chi connectivity index (χ1v) is 9.59. The van der Waals surface area contributed by atoms with Gasteiger partial charge in [0.05, 0.1) is 0 Å². The molecule has 2 aliphatic heterocycles. The summed E-state index contributed by atoms with van der Waals surface area (Å²) >= 11 is 0. The maximum Gasteiger partial charge on any atom is 0.124 e. The van der Waals surface area contributed by atoms with Crippen molar-refractivity contribution >= 4 is 0 Å². The van der Waals surface area contributed by atoms with Crippen molar-refractivity contribution in [2.45, 2.75) is 50.3 Å². The third kappa shape index (κ3) is 3.19. The Hall–Kier alpha value is -1.10. The summed E-state index contributed by atoms with van der Waals surface area (Å²) in [6.45, 7) is 8.17. The van der Waals surface area contributed by atoms with Gasteiger partial charge in [0.15, 0.2) is 0 Å². The van der Waals surface area contributed by atoms with Crippen molar-refractivity contribution in [1.82, 2.24) is 15.1 Å². The van der Waals surface area contributed by atoms with Gasteiger partial charge in [-0.15, -0.1) is 0 Å². The highest BCUT2D eigenvalue weighted by molar-refractivity contribution is 5.39. The molecule has 4 rings (SSSR count). The maximum atomic E-state index is 6.36. The number of nitrogens with one attached hydrogen (secondary N) is 1. The highest BCUT2D eigenvalue weighted by Gasteiger charge is 2.45. The zero-order valence-electron chi connectivity index (χ0n) is 15.1. The minimum absolute atomic E-state index is 0.114. The monoisotopic (exact) mass is 329 g/mol. The zero-order chi connectivity index (χ0) is 16.6. The van der Waals surface area contributed by atoms with Gasteiger partial charge in [0.25, 0.3) is 0 Å². The Balaban J connectivity index is 1.40. The van der Waals surface area contributed by atoms with E-state index in [2.05, 4.69) is 53.4 Å². The van der Waals surface area contributed by atoms with Gasteiger partial charge >= 0.3 is 0 Å². The summed E-state index contributed by atoms with van der Waals surface area (Å²) in [6.07, 6.45) is 4.87. The van der Waals surface area contributed by atoms with Crippen LogP contribution in [0.4, 0.5) is 0 Å². The van der Waals surface area contributed by atoms with Gasteiger partial charge in [0, 0.05) is 56.8 Å². The van der Waals surface area contributed by atoms with Crippen LogP contribution in [0, 0.1) is 0 Å². The van der Waals surface area contributed by atoms with Crippen molar-refractivity contribution in [1.29, 1.82) is 0 Å². The van der Waals surface area contributed by atoms with Crippen LogP contribution in [0.3, 0.4) is 0 Å². The Morgan fingerprint density at radius 2 is 1.96 bits per heavy atom. The summed E-state index contributed by atoms with van der Waals surface area (Å²) in [5, 5.41) is 3.87. The molecule has 132 valence electrons. The molecular weight excluding hydrogens is 298 g/mol. The molecule has 4 nitrogen and oxygen atoms in total. The van der Waals surface area contributed by atoms with E-state index in [0.717, 1.165) is 18.7 Å². The molecule has 1 aromatic carbocycles. The fourth-order valence-corrected chi connectivity index (χ4v) is 4.38. The number of para-hydroxylation sites is 1. The van der Waals surface area contributed by atoms with Crippen LogP contribution < -0.4 is 10.1 Å². The first kappa shape index (κ1) is 16.4. The molecule has 1 spiro atoms. The van der Waals surface area contributed by atoms with Gasteiger partial charge in [0.1, 0.15) is 11.4 Å². The highest BCUT2D eigenvalue weighted by Crippen LogP contribution is 2.48. The lowest BCUT2D eigenvalue weighted by molar-refractivity contribution is -0.0375. The molecule has 2 unspecified atom stereocenters. The van der Waals surface area contributed by atoms with E-state index < -0.39 is 0 Å². The molecule has 1 saturated carbocycles. The Morgan fingerprint density at radius 1 is 1.21 bits per heavy atom. The fourth-order valence-electron chi connectivity index (χ4n) is 4.38. The molecule has 0 amide bonds. The number of fused-ring (bicyclic) bond motifs is 1. The Morgan fingerprint density at radius 3 is 2.67 bits per heavy atom. The van der Waals surface area contributed by atoms with Gasteiger partial charge < -0.3 is 15.0 Å². The number of nitrogens with zero attached hydrogens (tertiary/aromatic N) is 2. The molecule has 0 radical (unpaired) electrons. The minimum Gasteiger partial charge on any atom is -0.487 e. The summed E-state index contributed by atoms with van der Waals surface area (Å²) in [7, 11) is 2.22. The first-order valence-electron chi connectivity index (χ1n) is 9.59. The summed E-state index contributed by atoms with van der Waals surface area (Å²) in [5.41, 5.74) is 1.46. The number of ether oxygens (including phenoxy) is 1. The van der Waals surface area contributed by atoms with Crippen LogP contribution in [0.1, 0.15) is 44.2 Å². The van der Waals surface area contributed by atoms with Crippen molar-refractivity contribution in [3.8, 4) is 5.75 Å². The molecule has 24 heavy (non-hydrogen) atoms. The second-order valence-electron chi connectivity index (χ2n) is 8.03. The van der Waals surface area contributed by atoms with E-state index in [1.54, 1.807) is 0 Å². The van der Waals surface area contributed by atoms with E-state index in [1.807, 2.05) is 0 Å². The van der Waals surface area contributed by atoms with Gasteiger partial charge in [-0.05, 0) is 39.3 Å². The number of hydrogen-bond acceptors (Lipinski definition) is 4. The molecule has 2 atom stereocenters. The lowest BCUT2D eigenvalue weighted by Gasteiger charge is -2.48. The van der Waals surface area contributed by atoms with E-state index in [9.17, 15) is 0 Å². The van der Waals surface area contributed by atoms with E-state index in [1.165, 1.54) is 51.0 Å². The van der Waals surface area contributed by atoms with E-state index >= 15 is 0 Å². The highest BCUT2D eigenvalue weighted by atomic mass is 16.5. The average molecular weight is 329 g/mol. The molecule has 4 heteroatoms. The summed E-state index contributed by atoms with van der Waals surface area (Å²) < 4.78 is 6.36. The van der Waals surface area contributed by atoms with Crippen LogP contribution in [-0.4, -0.2) is 61.2 Å². The molecule has 0 aromatic heterocycles. The number of likely N-dealkylation sites (N-methyl/N-ethyl adjacent to an activating group) is 1. The molecule has 2 fully saturated rings. The predicted octanol–water partition coefficient (Wildman–Crippen LogP) is 2.66. The van der Waals surface area contributed by atoms with Crippen LogP contribution in [0.15, 0.2) is 24.3 Å². The molecule has 2 heterocycles. The Bertz CT molecular complexity index is 564. The Kier molecular flexibility index (Phi) is 4.54. The predicted molar refractivity (Wildman–Crippen MR) is 97.5 cm³/mol. The van der Waals surface area contributed by atoms with Crippen LogP contribution in [-0.2, 0) is 0 Å². The third-order valence-corrected chi connectivity index (χ3v) is 6.28. The van der Waals surface area contributed by atoms with Crippen LogP contribution >= 0.6 is 0 Å². The van der Waals surface area contributed by atoms with Crippen LogP contribution in [0.2, 0.25) is 0 Å². The molecule has 3 aliphatic rings. The standard InChI is InChI=1S/C20H31N3O/c1-16(23-12-10-22(2)11-13-23)15-21-18-14-20(8-5-9-20)24-19-7-4-3-6-17(18)19/h3-4,6-7,16,18,21H,5,8-15H2,1-2H3. The van der Waals surface area contributed by atoms with Gasteiger partial charge in [0.2, 0.25) is 0 Å². The largest absolute Gasteiger partial charge is 0.487 e. The van der Waals surface area contributed by atoms with Crippen LogP contribution in [0.25, 0.3) is 0 Å². The second-order valence-corrected chi connectivity index (χ2v) is 8.03.